The van der Waals surface area contributed by atoms with Gasteiger partial charge in [-0.05, 0) is 52.3 Å². The van der Waals surface area contributed by atoms with E-state index in [4.69, 9.17) is 4.98 Å². The Morgan fingerprint density at radius 1 is 0.811 bits per heavy atom. The fraction of sp³-hybridized carbons (Fsp3) is 0.182. The number of thiophene rings is 1. The second kappa shape index (κ2) is 10.4. The van der Waals surface area contributed by atoms with Gasteiger partial charge in [0.1, 0.15) is 0 Å². The summed E-state index contributed by atoms with van der Waals surface area (Å²) in [6, 6.07) is 31.7. The van der Waals surface area contributed by atoms with Gasteiger partial charge in [-0.25, -0.2) is 0 Å². The quantitative estimate of drug-likeness (QED) is 0.166. The third-order valence-electron chi connectivity index (χ3n) is 6.96. The Kier molecular flexibility index (Phi) is 7.18. The molecular weight excluding hydrogens is 649 g/mol. The Labute approximate surface area is 236 Å². The number of imidazole rings is 1. The average molecular weight is 678 g/mol. The van der Waals surface area contributed by atoms with E-state index in [1.54, 1.807) is 0 Å². The molecule has 2 aromatic heterocycles. The van der Waals surface area contributed by atoms with E-state index in [0.717, 1.165) is 11.4 Å². The SMILES string of the molecule is CC(C)c1cc(-c2cccc3c2sc2ccccc23)cc(C(C)C)c1-n1ccnc1-c1[c-]cccc1.[Ir]. The van der Waals surface area contributed by atoms with E-state index in [1.165, 1.54) is 48.1 Å². The van der Waals surface area contributed by atoms with E-state index in [2.05, 4.69) is 105 Å². The molecule has 0 saturated carbocycles. The molecule has 0 aliphatic carbocycles. The van der Waals surface area contributed by atoms with Crippen LogP contribution in [0.15, 0.2) is 91.3 Å². The van der Waals surface area contributed by atoms with Crippen molar-refractivity contribution in [1.29, 1.82) is 0 Å². The number of benzene rings is 4. The van der Waals surface area contributed by atoms with Gasteiger partial charge < -0.3 is 4.57 Å². The van der Waals surface area contributed by atoms with Gasteiger partial charge in [-0.3, -0.25) is 4.98 Å². The molecule has 0 unspecified atom stereocenters. The predicted molar refractivity (Wildman–Crippen MR) is 154 cm³/mol. The van der Waals surface area contributed by atoms with Crippen LogP contribution in [0.5, 0.6) is 0 Å². The number of fused-ring (bicyclic) bond motifs is 3. The maximum atomic E-state index is 4.74. The van der Waals surface area contributed by atoms with E-state index in [1.807, 2.05) is 35.7 Å². The van der Waals surface area contributed by atoms with E-state index in [0.29, 0.717) is 11.8 Å². The maximum absolute atomic E-state index is 4.74. The van der Waals surface area contributed by atoms with Gasteiger partial charge in [0.2, 0.25) is 0 Å². The van der Waals surface area contributed by atoms with Crippen molar-refractivity contribution in [3.05, 3.63) is 108 Å². The van der Waals surface area contributed by atoms with Crippen LogP contribution < -0.4 is 0 Å². The van der Waals surface area contributed by atoms with Crippen molar-refractivity contribution in [2.75, 3.05) is 0 Å². The second-order valence-corrected chi connectivity index (χ2v) is 11.0. The first kappa shape index (κ1) is 25.6. The van der Waals surface area contributed by atoms with Crippen LogP contribution in [0.2, 0.25) is 0 Å². The molecule has 0 aliphatic rings. The number of rotatable bonds is 5. The maximum Gasteiger partial charge on any atom is 0.0602 e. The first-order valence-corrected chi connectivity index (χ1v) is 13.4. The monoisotopic (exact) mass is 678 g/mol. The van der Waals surface area contributed by atoms with Gasteiger partial charge in [-0.1, -0.05) is 64.1 Å². The Balaban J connectivity index is 0.00000280. The minimum absolute atomic E-state index is 0. The van der Waals surface area contributed by atoms with Crippen molar-refractivity contribution < 1.29 is 20.1 Å². The molecule has 4 aromatic carbocycles. The molecule has 2 heterocycles. The van der Waals surface area contributed by atoms with E-state index < -0.39 is 0 Å². The standard InChI is InChI=1S/C33H29N2S.Ir/c1-21(2)28-19-24(25-14-10-15-27-26-13-8-9-16-30(26)36-32(25)27)20-29(22(3)4)31(28)35-18-17-34-33(35)23-11-6-5-7-12-23;/h5-11,13-22H,1-4H3;/q-1;. The summed E-state index contributed by atoms with van der Waals surface area (Å²) in [6.07, 6.45) is 3.99. The van der Waals surface area contributed by atoms with Gasteiger partial charge in [-0.15, -0.1) is 47.2 Å². The van der Waals surface area contributed by atoms with E-state index >= 15 is 0 Å². The summed E-state index contributed by atoms with van der Waals surface area (Å²) in [5.74, 6) is 1.64. The molecule has 0 aliphatic heterocycles. The van der Waals surface area contributed by atoms with Crippen LogP contribution >= 0.6 is 11.3 Å². The molecule has 0 saturated heterocycles. The summed E-state index contributed by atoms with van der Waals surface area (Å²) in [4.78, 5) is 4.74. The Morgan fingerprint density at radius 3 is 2.22 bits per heavy atom. The van der Waals surface area contributed by atoms with Crippen LogP contribution in [-0.4, -0.2) is 9.55 Å². The molecule has 0 spiro atoms. The number of nitrogens with zero attached hydrogens (tertiary/aromatic N) is 2. The van der Waals surface area contributed by atoms with Gasteiger partial charge in [0, 0.05) is 58.4 Å². The van der Waals surface area contributed by atoms with E-state index in [9.17, 15) is 0 Å². The first-order valence-electron chi connectivity index (χ1n) is 12.6. The molecule has 0 atom stereocenters. The van der Waals surface area contributed by atoms with Crippen LogP contribution in [0.1, 0.15) is 50.7 Å². The minimum Gasteiger partial charge on any atom is -0.340 e. The predicted octanol–water partition coefficient (Wildman–Crippen LogP) is 9.62. The summed E-state index contributed by atoms with van der Waals surface area (Å²) >= 11 is 1.89. The average Bonchev–Trinajstić information content (AvgIpc) is 3.53. The van der Waals surface area contributed by atoms with Crippen LogP contribution in [0.25, 0.3) is 48.4 Å². The van der Waals surface area contributed by atoms with Crippen molar-refractivity contribution in [1.82, 2.24) is 9.55 Å². The fourth-order valence-electron chi connectivity index (χ4n) is 5.18. The molecule has 6 rings (SSSR count). The molecular formula is C33H29IrN2S-. The smallest absolute Gasteiger partial charge is 0.0602 e. The number of hydrogen-bond donors (Lipinski definition) is 0. The second-order valence-electron chi connectivity index (χ2n) is 9.99. The van der Waals surface area contributed by atoms with Crippen molar-refractivity contribution in [3.63, 3.8) is 0 Å². The normalized spacial score (nSPS) is 11.5. The molecule has 2 nitrogen and oxygen atoms in total. The number of aromatic nitrogens is 2. The van der Waals surface area contributed by atoms with Gasteiger partial charge in [-0.2, -0.15) is 0 Å². The van der Waals surface area contributed by atoms with Gasteiger partial charge in [0.05, 0.1) is 5.82 Å². The zero-order valence-electron chi connectivity index (χ0n) is 21.5. The largest absolute Gasteiger partial charge is 0.340 e. The molecule has 0 N–H and O–H groups in total. The first-order chi connectivity index (χ1) is 17.5. The van der Waals surface area contributed by atoms with Gasteiger partial charge in [0.25, 0.3) is 0 Å². The zero-order chi connectivity index (χ0) is 24.8. The third-order valence-corrected chi connectivity index (χ3v) is 8.18. The molecule has 6 aromatic rings. The fourth-order valence-corrected chi connectivity index (χ4v) is 6.42. The molecule has 187 valence electrons. The molecule has 1 radical (unpaired) electrons. The van der Waals surface area contributed by atoms with Gasteiger partial charge in [0.15, 0.2) is 0 Å². The molecule has 0 amide bonds. The summed E-state index contributed by atoms with van der Waals surface area (Å²) < 4.78 is 4.96. The molecule has 0 bridgehead atoms. The minimum atomic E-state index is 0. The Bertz CT molecular complexity index is 1660. The van der Waals surface area contributed by atoms with Crippen LogP contribution in [0.3, 0.4) is 0 Å². The van der Waals surface area contributed by atoms with Crippen LogP contribution in [0, 0.1) is 6.07 Å². The van der Waals surface area contributed by atoms with Crippen molar-refractivity contribution in [2.24, 2.45) is 0 Å². The summed E-state index contributed by atoms with van der Waals surface area (Å²) in [5, 5.41) is 2.68. The van der Waals surface area contributed by atoms with Gasteiger partial charge >= 0.3 is 0 Å². The summed E-state index contributed by atoms with van der Waals surface area (Å²) in [7, 11) is 0. The topological polar surface area (TPSA) is 17.8 Å². The summed E-state index contributed by atoms with van der Waals surface area (Å²) in [6.45, 7) is 9.16. The van der Waals surface area contributed by atoms with Crippen LogP contribution in [0.4, 0.5) is 0 Å². The third kappa shape index (κ3) is 4.48. The van der Waals surface area contributed by atoms with Crippen LogP contribution in [-0.2, 0) is 20.1 Å². The molecule has 0 fully saturated rings. The van der Waals surface area contributed by atoms with E-state index in [-0.39, 0.29) is 20.1 Å². The Morgan fingerprint density at radius 2 is 1.51 bits per heavy atom. The van der Waals surface area contributed by atoms with Crippen molar-refractivity contribution in [3.8, 4) is 28.2 Å². The molecule has 37 heavy (non-hydrogen) atoms. The van der Waals surface area contributed by atoms with Crippen molar-refractivity contribution in [2.45, 2.75) is 39.5 Å². The number of hydrogen-bond acceptors (Lipinski definition) is 2. The Hall–Kier alpha value is -3.04. The molecule has 4 heteroatoms. The zero-order valence-corrected chi connectivity index (χ0v) is 24.7. The summed E-state index contributed by atoms with van der Waals surface area (Å²) in [5.41, 5.74) is 7.53. The van der Waals surface area contributed by atoms with Crippen molar-refractivity contribution >= 4 is 31.5 Å².